The van der Waals surface area contributed by atoms with E-state index in [-0.39, 0.29) is 12.1 Å². The highest BCUT2D eigenvalue weighted by atomic mass is 16.5. The molecule has 0 radical (unpaired) electrons. The van der Waals surface area contributed by atoms with Gasteiger partial charge in [-0.15, -0.1) is 0 Å². The Morgan fingerprint density at radius 1 is 1.67 bits per heavy atom. The van der Waals surface area contributed by atoms with Crippen molar-refractivity contribution in [1.29, 1.82) is 0 Å². The number of nitrogens with zero attached hydrogens (tertiary/aromatic N) is 1. The van der Waals surface area contributed by atoms with E-state index in [4.69, 9.17) is 15.6 Å². The van der Waals surface area contributed by atoms with E-state index in [1.54, 1.807) is 0 Å². The van der Waals surface area contributed by atoms with Gasteiger partial charge in [-0.25, -0.2) is 0 Å². The number of aliphatic carboxylic acids is 1. The van der Waals surface area contributed by atoms with Crippen LogP contribution < -0.4 is 5.73 Å². The predicted octanol–water partition coefficient (Wildman–Crippen LogP) is -0.102. The monoisotopic (exact) mass is 216 g/mol. The zero-order valence-corrected chi connectivity index (χ0v) is 9.35. The fourth-order valence-electron chi connectivity index (χ4n) is 1.83. The molecule has 0 aromatic heterocycles. The molecule has 3 atom stereocenters. The third kappa shape index (κ3) is 3.44. The second kappa shape index (κ2) is 5.44. The van der Waals surface area contributed by atoms with Gasteiger partial charge in [0.15, 0.2) is 0 Å². The van der Waals surface area contributed by atoms with Crippen LogP contribution in [0.1, 0.15) is 20.3 Å². The van der Waals surface area contributed by atoms with Gasteiger partial charge in [0.25, 0.3) is 0 Å². The molecule has 0 aliphatic carbocycles. The van der Waals surface area contributed by atoms with Crippen molar-refractivity contribution in [2.45, 2.75) is 38.5 Å². The van der Waals surface area contributed by atoms with Crippen molar-refractivity contribution in [3.63, 3.8) is 0 Å². The molecule has 1 aliphatic heterocycles. The molecular formula is C10H20N2O3. The van der Waals surface area contributed by atoms with E-state index in [9.17, 15) is 4.79 Å². The summed E-state index contributed by atoms with van der Waals surface area (Å²) in [5.41, 5.74) is 5.61. The van der Waals surface area contributed by atoms with Crippen molar-refractivity contribution in [3.05, 3.63) is 0 Å². The van der Waals surface area contributed by atoms with Gasteiger partial charge in [-0.2, -0.15) is 0 Å². The van der Waals surface area contributed by atoms with Crippen LogP contribution in [0.4, 0.5) is 0 Å². The highest BCUT2D eigenvalue weighted by molar-refractivity contribution is 5.74. The maximum atomic E-state index is 10.8. The third-order valence-electron chi connectivity index (χ3n) is 2.86. The number of ether oxygens (including phenoxy) is 1. The summed E-state index contributed by atoms with van der Waals surface area (Å²) in [6, 6.07) is -0.970. The molecule has 0 amide bonds. The number of hydrogen-bond donors (Lipinski definition) is 2. The zero-order chi connectivity index (χ0) is 11.4. The van der Waals surface area contributed by atoms with Crippen molar-refractivity contribution >= 4 is 5.97 Å². The number of carbonyl (C=O) groups is 1. The van der Waals surface area contributed by atoms with Gasteiger partial charge in [0, 0.05) is 25.7 Å². The molecule has 1 heterocycles. The summed E-state index contributed by atoms with van der Waals surface area (Å²) in [7, 11) is 0. The normalized spacial score (nSPS) is 28.1. The zero-order valence-electron chi connectivity index (χ0n) is 9.35. The molecule has 0 saturated carbocycles. The van der Waals surface area contributed by atoms with E-state index in [2.05, 4.69) is 4.90 Å². The molecule has 15 heavy (non-hydrogen) atoms. The summed E-state index contributed by atoms with van der Waals surface area (Å²) in [5.74, 6) is -0.944. The Balaban J connectivity index is 2.56. The van der Waals surface area contributed by atoms with E-state index in [1.165, 1.54) is 0 Å². The van der Waals surface area contributed by atoms with E-state index in [0.29, 0.717) is 0 Å². The van der Waals surface area contributed by atoms with Crippen molar-refractivity contribution in [2.75, 3.05) is 19.7 Å². The topological polar surface area (TPSA) is 75.8 Å². The third-order valence-corrected chi connectivity index (χ3v) is 2.86. The minimum absolute atomic E-state index is 0.147. The summed E-state index contributed by atoms with van der Waals surface area (Å²) in [6.45, 7) is 6.20. The standard InChI is InChI=1S/C10H20N2O3/c1-7-6-12(4-3-5-15-7)8(2)9(11)10(13)14/h7-9H,3-6,11H2,1-2H3,(H,13,14). The van der Waals surface area contributed by atoms with Crippen LogP contribution >= 0.6 is 0 Å². The Morgan fingerprint density at radius 3 is 2.93 bits per heavy atom. The number of hydrogen-bond acceptors (Lipinski definition) is 4. The maximum Gasteiger partial charge on any atom is 0.322 e. The van der Waals surface area contributed by atoms with Crippen LogP contribution in [0.3, 0.4) is 0 Å². The summed E-state index contributed by atoms with van der Waals surface area (Å²) >= 11 is 0. The molecule has 3 unspecified atom stereocenters. The Morgan fingerprint density at radius 2 is 2.33 bits per heavy atom. The lowest BCUT2D eigenvalue weighted by molar-refractivity contribution is -0.140. The van der Waals surface area contributed by atoms with Gasteiger partial charge in [0.05, 0.1) is 6.10 Å². The molecule has 1 aliphatic rings. The highest BCUT2D eigenvalue weighted by Gasteiger charge is 2.27. The number of nitrogens with two attached hydrogens (primary N) is 1. The van der Waals surface area contributed by atoms with E-state index in [0.717, 1.165) is 26.1 Å². The number of carboxylic acids is 1. The smallest absolute Gasteiger partial charge is 0.322 e. The SMILES string of the molecule is CC1CN(C(C)C(N)C(=O)O)CCCO1. The average molecular weight is 216 g/mol. The molecule has 88 valence electrons. The molecule has 0 spiro atoms. The van der Waals surface area contributed by atoms with Gasteiger partial charge >= 0.3 is 5.97 Å². The minimum atomic E-state index is -0.944. The Kier molecular flexibility index (Phi) is 4.50. The molecule has 1 fully saturated rings. The average Bonchev–Trinajstić information content (AvgIpc) is 2.40. The molecule has 1 rings (SSSR count). The van der Waals surface area contributed by atoms with E-state index < -0.39 is 12.0 Å². The molecule has 0 bridgehead atoms. The second-order valence-electron chi connectivity index (χ2n) is 4.13. The van der Waals surface area contributed by atoms with Crippen LogP contribution in [0.25, 0.3) is 0 Å². The molecule has 1 saturated heterocycles. The minimum Gasteiger partial charge on any atom is -0.480 e. The fourth-order valence-corrected chi connectivity index (χ4v) is 1.83. The first-order valence-corrected chi connectivity index (χ1v) is 5.36. The van der Waals surface area contributed by atoms with Crippen molar-refractivity contribution < 1.29 is 14.6 Å². The molecule has 0 aromatic rings. The van der Waals surface area contributed by atoms with Crippen LogP contribution in [0.2, 0.25) is 0 Å². The predicted molar refractivity (Wildman–Crippen MR) is 56.7 cm³/mol. The van der Waals surface area contributed by atoms with Gasteiger partial charge < -0.3 is 15.6 Å². The van der Waals surface area contributed by atoms with Gasteiger partial charge in [0.1, 0.15) is 6.04 Å². The van der Waals surface area contributed by atoms with Crippen molar-refractivity contribution in [1.82, 2.24) is 4.90 Å². The summed E-state index contributed by atoms with van der Waals surface area (Å²) in [4.78, 5) is 12.9. The summed E-state index contributed by atoms with van der Waals surface area (Å²) in [6.07, 6.45) is 1.08. The second-order valence-corrected chi connectivity index (χ2v) is 4.13. The molecule has 0 aromatic carbocycles. The van der Waals surface area contributed by atoms with Crippen LogP contribution in [-0.2, 0) is 9.53 Å². The highest BCUT2D eigenvalue weighted by Crippen LogP contribution is 2.11. The Bertz CT molecular complexity index is 223. The largest absolute Gasteiger partial charge is 0.480 e. The van der Waals surface area contributed by atoms with Gasteiger partial charge in [-0.3, -0.25) is 9.69 Å². The lowest BCUT2D eigenvalue weighted by Crippen LogP contribution is -2.51. The lowest BCUT2D eigenvalue weighted by Gasteiger charge is -2.30. The number of carboxylic acid groups (broad SMARTS) is 1. The lowest BCUT2D eigenvalue weighted by atomic mass is 10.1. The van der Waals surface area contributed by atoms with Crippen LogP contribution in [-0.4, -0.2) is 53.9 Å². The van der Waals surface area contributed by atoms with Crippen LogP contribution in [0.5, 0.6) is 0 Å². The first-order chi connectivity index (χ1) is 7.02. The summed E-state index contributed by atoms with van der Waals surface area (Å²) < 4.78 is 5.49. The van der Waals surface area contributed by atoms with Gasteiger partial charge in [-0.1, -0.05) is 0 Å². The van der Waals surface area contributed by atoms with Gasteiger partial charge in [-0.05, 0) is 20.3 Å². The maximum absolute atomic E-state index is 10.8. The fraction of sp³-hybridized carbons (Fsp3) is 0.900. The quantitative estimate of drug-likeness (QED) is 0.689. The Hall–Kier alpha value is -0.650. The molecule has 5 nitrogen and oxygen atoms in total. The molecule has 5 heteroatoms. The molecular weight excluding hydrogens is 196 g/mol. The first kappa shape index (κ1) is 12.4. The first-order valence-electron chi connectivity index (χ1n) is 5.36. The Labute approximate surface area is 90.2 Å². The van der Waals surface area contributed by atoms with Gasteiger partial charge in [0.2, 0.25) is 0 Å². The van der Waals surface area contributed by atoms with Crippen molar-refractivity contribution in [3.8, 4) is 0 Å². The van der Waals surface area contributed by atoms with Crippen LogP contribution in [0.15, 0.2) is 0 Å². The van der Waals surface area contributed by atoms with Crippen LogP contribution in [0, 0.1) is 0 Å². The number of rotatable bonds is 3. The van der Waals surface area contributed by atoms with Crippen molar-refractivity contribution in [2.24, 2.45) is 5.73 Å². The van der Waals surface area contributed by atoms with E-state index >= 15 is 0 Å². The van der Waals surface area contributed by atoms with E-state index in [1.807, 2.05) is 13.8 Å². The summed E-state index contributed by atoms with van der Waals surface area (Å²) in [5, 5.41) is 8.84. The molecule has 3 N–H and O–H groups in total.